The number of benzene rings is 2. The van der Waals surface area contributed by atoms with Crippen molar-refractivity contribution in [3.8, 4) is 5.75 Å². The topological polar surface area (TPSA) is 94.2 Å². The van der Waals surface area contributed by atoms with E-state index in [1.807, 2.05) is 50.2 Å². The smallest absolute Gasteiger partial charge is 0.243 e. The second-order valence-corrected chi connectivity index (χ2v) is 9.41. The summed E-state index contributed by atoms with van der Waals surface area (Å²) in [5, 5.41) is 5.66. The zero-order chi connectivity index (χ0) is 25.7. The highest BCUT2D eigenvalue weighted by Crippen LogP contribution is 2.22. The molecule has 2 aromatic rings. The van der Waals surface area contributed by atoms with Gasteiger partial charge in [0.2, 0.25) is 17.7 Å². The van der Waals surface area contributed by atoms with Crippen molar-refractivity contribution in [2.45, 2.75) is 26.3 Å². The van der Waals surface area contributed by atoms with Gasteiger partial charge in [-0.3, -0.25) is 19.3 Å². The Morgan fingerprint density at radius 2 is 1.81 bits per heavy atom. The normalized spacial score (nSPS) is 18.5. The van der Waals surface area contributed by atoms with Gasteiger partial charge >= 0.3 is 0 Å². The minimum atomic E-state index is -0.809. The molecule has 2 N–H and O–H groups in total. The van der Waals surface area contributed by atoms with E-state index in [9.17, 15) is 14.4 Å². The quantitative estimate of drug-likeness (QED) is 0.611. The Kier molecular flexibility index (Phi) is 8.10. The zero-order valence-electron chi connectivity index (χ0n) is 21.3. The van der Waals surface area contributed by atoms with Gasteiger partial charge in [0.25, 0.3) is 0 Å². The van der Waals surface area contributed by atoms with Crippen LogP contribution >= 0.6 is 0 Å². The van der Waals surface area contributed by atoms with Gasteiger partial charge in [-0.2, -0.15) is 0 Å². The molecule has 9 nitrogen and oxygen atoms in total. The van der Waals surface area contributed by atoms with E-state index in [4.69, 9.17) is 4.74 Å². The van der Waals surface area contributed by atoms with Gasteiger partial charge in [0.1, 0.15) is 11.8 Å². The summed E-state index contributed by atoms with van der Waals surface area (Å²) in [6.45, 7) is 8.08. The maximum Gasteiger partial charge on any atom is 0.243 e. The number of piperazine rings is 2. The number of anilines is 2. The first-order chi connectivity index (χ1) is 17.3. The molecule has 2 aliphatic rings. The van der Waals surface area contributed by atoms with Crippen LogP contribution in [0.4, 0.5) is 11.4 Å². The lowest BCUT2D eigenvalue weighted by Gasteiger charge is -2.39. The first-order valence-corrected chi connectivity index (χ1v) is 12.4. The molecular formula is C27H35N5O4. The number of carbonyl (C=O) groups excluding carboxylic acids is 3. The van der Waals surface area contributed by atoms with Gasteiger partial charge in [-0.15, -0.1) is 0 Å². The van der Waals surface area contributed by atoms with Gasteiger partial charge in [0.15, 0.2) is 0 Å². The molecule has 0 bridgehead atoms. The molecule has 0 saturated carbocycles. The van der Waals surface area contributed by atoms with E-state index in [2.05, 4.69) is 26.5 Å². The summed E-state index contributed by atoms with van der Waals surface area (Å²) >= 11 is 0. The minimum Gasteiger partial charge on any atom is -0.497 e. The van der Waals surface area contributed by atoms with Gasteiger partial charge in [-0.1, -0.05) is 12.1 Å². The van der Waals surface area contributed by atoms with Crippen molar-refractivity contribution in [2.75, 3.05) is 63.1 Å². The number of hydrogen-bond donors (Lipinski definition) is 2. The van der Waals surface area contributed by atoms with Crippen LogP contribution in [0.1, 0.15) is 17.5 Å². The summed E-state index contributed by atoms with van der Waals surface area (Å²) in [5.41, 5.74) is 4.00. The highest BCUT2D eigenvalue weighted by Gasteiger charge is 2.35. The summed E-state index contributed by atoms with van der Waals surface area (Å²) in [5.74, 6) is 0.127. The number of ether oxygens (including phenoxy) is 1. The molecule has 36 heavy (non-hydrogen) atoms. The number of methoxy groups -OCH3 is 1. The van der Waals surface area contributed by atoms with Crippen LogP contribution in [0, 0.1) is 13.8 Å². The molecule has 1 unspecified atom stereocenters. The molecule has 0 aliphatic carbocycles. The molecule has 2 aromatic carbocycles. The first-order valence-electron chi connectivity index (χ1n) is 12.4. The summed E-state index contributed by atoms with van der Waals surface area (Å²) in [4.78, 5) is 44.5. The molecule has 9 heteroatoms. The van der Waals surface area contributed by atoms with E-state index in [1.165, 1.54) is 0 Å². The summed E-state index contributed by atoms with van der Waals surface area (Å²) in [6.07, 6.45) is -0.0753. The number of rotatable bonds is 7. The van der Waals surface area contributed by atoms with E-state index >= 15 is 0 Å². The Morgan fingerprint density at radius 3 is 2.53 bits per heavy atom. The third kappa shape index (κ3) is 6.15. The molecule has 192 valence electrons. The highest BCUT2D eigenvalue weighted by atomic mass is 16.5. The Morgan fingerprint density at radius 1 is 1.03 bits per heavy atom. The SMILES string of the molecule is COc1cccc(N2CCN(CC(=O)N3CCNC(=O)C3CC(=O)Nc3ccc(C)c(C)c3)CC2)c1. The number of aryl methyl sites for hydroxylation is 2. The average Bonchev–Trinajstić information content (AvgIpc) is 2.88. The number of nitrogens with zero attached hydrogens (tertiary/aromatic N) is 3. The Labute approximate surface area is 212 Å². The van der Waals surface area contributed by atoms with E-state index < -0.39 is 6.04 Å². The molecular weight excluding hydrogens is 458 g/mol. The van der Waals surface area contributed by atoms with Crippen molar-refractivity contribution < 1.29 is 19.1 Å². The second-order valence-electron chi connectivity index (χ2n) is 9.41. The Balaban J connectivity index is 1.32. The van der Waals surface area contributed by atoms with E-state index in [0.29, 0.717) is 18.8 Å². The second kappa shape index (κ2) is 11.4. The molecule has 0 radical (unpaired) electrons. The lowest BCUT2D eigenvalue weighted by atomic mass is 10.1. The van der Waals surface area contributed by atoms with Crippen molar-refractivity contribution in [3.63, 3.8) is 0 Å². The van der Waals surface area contributed by atoms with E-state index in [0.717, 1.165) is 48.7 Å². The van der Waals surface area contributed by atoms with Crippen LogP contribution in [0.2, 0.25) is 0 Å². The van der Waals surface area contributed by atoms with Gasteiger partial charge < -0.3 is 25.2 Å². The van der Waals surface area contributed by atoms with Crippen LogP contribution in [-0.4, -0.2) is 86.5 Å². The largest absolute Gasteiger partial charge is 0.497 e. The fourth-order valence-electron chi connectivity index (χ4n) is 4.68. The monoisotopic (exact) mass is 493 g/mol. The van der Waals surface area contributed by atoms with Crippen molar-refractivity contribution in [2.24, 2.45) is 0 Å². The third-order valence-corrected chi connectivity index (χ3v) is 6.97. The molecule has 2 heterocycles. The lowest BCUT2D eigenvalue weighted by Crippen LogP contribution is -2.60. The van der Waals surface area contributed by atoms with Crippen molar-refractivity contribution >= 4 is 29.1 Å². The lowest BCUT2D eigenvalue weighted by molar-refractivity contribution is -0.145. The number of carbonyl (C=O) groups is 3. The van der Waals surface area contributed by atoms with Gasteiger partial charge in [0.05, 0.1) is 20.1 Å². The van der Waals surface area contributed by atoms with Gasteiger partial charge in [0, 0.05) is 56.7 Å². The maximum absolute atomic E-state index is 13.2. The number of hydrogen-bond acceptors (Lipinski definition) is 6. The maximum atomic E-state index is 13.2. The standard InChI is InChI=1S/C27H35N5O4/c1-19-7-8-21(15-20(19)2)29-25(33)17-24-27(35)28-9-10-32(24)26(34)18-30-11-13-31(14-12-30)22-5-4-6-23(16-22)36-3/h4-8,15-16,24H,9-14,17-18H2,1-3H3,(H,28,35)(H,29,33). The van der Waals surface area contributed by atoms with Crippen LogP contribution < -0.4 is 20.3 Å². The first kappa shape index (κ1) is 25.5. The molecule has 0 aromatic heterocycles. The van der Waals surface area contributed by atoms with Gasteiger partial charge in [-0.05, 0) is 49.2 Å². The highest BCUT2D eigenvalue weighted by molar-refractivity contribution is 5.97. The minimum absolute atomic E-state index is 0.0753. The van der Waals surface area contributed by atoms with E-state index in [-0.39, 0.29) is 30.7 Å². The number of amides is 3. The summed E-state index contributed by atoms with van der Waals surface area (Å²) < 4.78 is 5.33. The third-order valence-electron chi connectivity index (χ3n) is 6.97. The fraction of sp³-hybridized carbons (Fsp3) is 0.444. The predicted octanol–water partition coefficient (Wildman–Crippen LogP) is 1.79. The molecule has 3 amide bonds. The van der Waals surface area contributed by atoms with Crippen LogP contribution in [0.5, 0.6) is 5.75 Å². The van der Waals surface area contributed by atoms with Crippen LogP contribution in [0.3, 0.4) is 0 Å². The Hall–Kier alpha value is -3.59. The fourth-order valence-corrected chi connectivity index (χ4v) is 4.68. The molecule has 4 rings (SSSR count). The van der Waals surface area contributed by atoms with Gasteiger partial charge in [-0.25, -0.2) is 0 Å². The summed E-state index contributed by atoms with van der Waals surface area (Å²) in [7, 11) is 1.66. The molecule has 1 atom stereocenters. The molecule has 2 aliphatic heterocycles. The van der Waals surface area contributed by atoms with E-state index in [1.54, 1.807) is 12.0 Å². The Bertz CT molecular complexity index is 1110. The molecule has 2 fully saturated rings. The average molecular weight is 494 g/mol. The number of nitrogens with one attached hydrogen (secondary N) is 2. The molecule has 0 spiro atoms. The van der Waals surface area contributed by atoms with Crippen LogP contribution in [0.15, 0.2) is 42.5 Å². The zero-order valence-corrected chi connectivity index (χ0v) is 21.3. The van der Waals surface area contributed by atoms with Crippen molar-refractivity contribution in [1.29, 1.82) is 0 Å². The van der Waals surface area contributed by atoms with Crippen molar-refractivity contribution in [1.82, 2.24) is 15.1 Å². The van der Waals surface area contributed by atoms with Crippen LogP contribution in [0.25, 0.3) is 0 Å². The summed E-state index contributed by atoms with van der Waals surface area (Å²) in [6, 6.07) is 12.9. The van der Waals surface area contributed by atoms with Crippen molar-refractivity contribution in [3.05, 3.63) is 53.6 Å². The van der Waals surface area contributed by atoms with Crippen LogP contribution in [-0.2, 0) is 14.4 Å². The molecule has 2 saturated heterocycles. The predicted molar refractivity (Wildman–Crippen MR) is 139 cm³/mol.